The lowest BCUT2D eigenvalue weighted by molar-refractivity contribution is 0.0950. The van der Waals surface area contributed by atoms with E-state index in [0.29, 0.717) is 18.7 Å². The molecule has 1 unspecified atom stereocenters. The van der Waals surface area contributed by atoms with Crippen LogP contribution >= 0.6 is 0 Å². The molecule has 1 atom stereocenters. The number of nitrogens with one attached hydrogen (secondary N) is 1. The monoisotopic (exact) mass is 248 g/mol. The highest BCUT2D eigenvalue weighted by atomic mass is 16.5. The molecule has 0 saturated carbocycles. The van der Waals surface area contributed by atoms with Crippen molar-refractivity contribution >= 4 is 5.91 Å². The Kier molecular flexibility index (Phi) is 4.20. The summed E-state index contributed by atoms with van der Waals surface area (Å²) in [4.78, 5) is 11.9. The molecular formula is C14H20N2O2. The van der Waals surface area contributed by atoms with Crippen LogP contribution < -0.4 is 15.8 Å². The standard InChI is InChI=1S/C14H20N2O2/c1-2-3-12(15)9-16-14(17)11-4-5-13-10(8-11)6-7-18-13/h4-5,8,12H,2-3,6-7,9,15H2,1H3,(H,16,17). The van der Waals surface area contributed by atoms with E-state index < -0.39 is 0 Å². The van der Waals surface area contributed by atoms with Crippen LogP contribution in [-0.4, -0.2) is 25.1 Å². The Labute approximate surface area is 108 Å². The van der Waals surface area contributed by atoms with E-state index in [1.165, 1.54) is 0 Å². The Morgan fingerprint density at radius 3 is 3.17 bits per heavy atom. The van der Waals surface area contributed by atoms with Gasteiger partial charge in [-0.25, -0.2) is 0 Å². The third-order valence-electron chi connectivity index (χ3n) is 3.14. The van der Waals surface area contributed by atoms with Crippen LogP contribution in [0.2, 0.25) is 0 Å². The molecule has 0 aliphatic carbocycles. The molecule has 4 nitrogen and oxygen atoms in total. The minimum atomic E-state index is -0.0590. The van der Waals surface area contributed by atoms with E-state index in [4.69, 9.17) is 10.5 Å². The largest absolute Gasteiger partial charge is 0.493 e. The van der Waals surface area contributed by atoms with Crippen molar-refractivity contribution < 1.29 is 9.53 Å². The van der Waals surface area contributed by atoms with Crippen molar-refractivity contribution in [3.8, 4) is 5.75 Å². The fourth-order valence-electron chi connectivity index (χ4n) is 2.13. The average Bonchev–Trinajstić information content (AvgIpc) is 2.83. The van der Waals surface area contributed by atoms with Crippen molar-refractivity contribution in [3.05, 3.63) is 29.3 Å². The molecule has 1 aliphatic heterocycles. The predicted molar refractivity (Wildman–Crippen MR) is 70.9 cm³/mol. The number of nitrogens with two attached hydrogens (primary N) is 1. The number of hydrogen-bond donors (Lipinski definition) is 2. The topological polar surface area (TPSA) is 64.3 Å². The van der Waals surface area contributed by atoms with Crippen molar-refractivity contribution in [1.29, 1.82) is 0 Å². The number of carbonyl (C=O) groups is 1. The van der Waals surface area contributed by atoms with Gasteiger partial charge in [-0.05, 0) is 30.2 Å². The van der Waals surface area contributed by atoms with Gasteiger partial charge in [0.05, 0.1) is 6.61 Å². The first kappa shape index (κ1) is 12.9. The van der Waals surface area contributed by atoms with E-state index >= 15 is 0 Å². The van der Waals surface area contributed by atoms with Crippen molar-refractivity contribution in [1.82, 2.24) is 5.32 Å². The number of ether oxygens (including phenoxy) is 1. The van der Waals surface area contributed by atoms with E-state index in [2.05, 4.69) is 12.2 Å². The van der Waals surface area contributed by atoms with Crippen LogP contribution in [0, 0.1) is 0 Å². The molecule has 18 heavy (non-hydrogen) atoms. The zero-order valence-corrected chi connectivity index (χ0v) is 10.7. The molecule has 4 heteroatoms. The molecule has 0 bridgehead atoms. The van der Waals surface area contributed by atoms with Crippen LogP contribution in [0.5, 0.6) is 5.75 Å². The number of fused-ring (bicyclic) bond motifs is 1. The Morgan fingerprint density at radius 1 is 1.56 bits per heavy atom. The van der Waals surface area contributed by atoms with Gasteiger partial charge >= 0.3 is 0 Å². The van der Waals surface area contributed by atoms with Gasteiger partial charge in [0.15, 0.2) is 0 Å². The molecule has 1 aromatic carbocycles. The first-order valence-electron chi connectivity index (χ1n) is 6.50. The smallest absolute Gasteiger partial charge is 0.251 e. The van der Waals surface area contributed by atoms with Gasteiger partial charge in [-0.2, -0.15) is 0 Å². The molecule has 0 radical (unpaired) electrons. The summed E-state index contributed by atoms with van der Waals surface area (Å²) in [6, 6.07) is 5.61. The van der Waals surface area contributed by atoms with Gasteiger partial charge in [-0.1, -0.05) is 13.3 Å². The van der Waals surface area contributed by atoms with Gasteiger partial charge in [-0.3, -0.25) is 4.79 Å². The zero-order valence-electron chi connectivity index (χ0n) is 10.7. The minimum absolute atomic E-state index is 0.0386. The van der Waals surface area contributed by atoms with E-state index in [9.17, 15) is 4.79 Å². The highest BCUT2D eigenvalue weighted by Gasteiger charge is 2.15. The first-order chi connectivity index (χ1) is 8.70. The molecule has 1 aliphatic rings. The van der Waals surface area contributed by atoms with E-state index in [1.54, 1.807) is 6.07 Å². The van der Waals surface area contributed by atoms with Crippen molar-refractivity contribution in [2.45, 2.75) is 32.2 Å². The second-order valence-corrected chi connectivity index (χ2v) is 4.68. The highest BCUT2D eigenvalue weighted by Crippen LogP contribution is 2.25. The molecule has 0 fully saturated rings. The number of rotatable bonds is 5. The maximum Gasteiger partial charge on any atom is 0.251 e. The van der Waals surface area contributed by atoms with Crippen molar-refractivity contribution in [2.24, 2.45) is 5.73 Å². The summed E-state index contributed by atoms with van der Waals surface area (Å²) in [5.74, 6) is 0.838. The molecular weight excluding hydrogens is 228 g/mol. The predicted octanol–water partition coefficient (Wildman–Crippen LogP) is 1.48. The summed E-state index contributed by atoms with van der Waals surface area (Å²) in [5.41, 5.74) is 7.66. The summed E-state index contributed by atoms with van der Waals surface area (Å²) in [6.07, 6.45) is 2.84. The lowest BCUT2D eigenvalue weighted by Crippen LogP contribution is -2.37. The second-order valence-electron chi connectivity index (χ2n) is 4.68. The van der Waals surface area contributed by atoms with Crippen LogP contribution in [-0.2, 0) is 6.42 Å². The summed E-state index contributed by atoms with van der Waals surface area (Å²) in [5, 5.41) is 2.87. The third-order valence-corrected chi connectivity index (χ3v) is 3.14. The number of benzene rings is 1. The Bertz CT molecular complexity index is 432. The zero-order chi connectivity index (χ0) is 13.0. The maximum absolute atomic E-state index is 11.9. The quantitative estimate of drug-likeness (QED) is 0.829. The van der Waals surface area contributed by atoms with Crippen molar-refractivity contribution in [3.63, 3.8) is 0 Å². The first-order valence-corrected chi connectivity index (χ1v) is 6.50. The lowest BCUT2D eigenvalue weighted by Gasteiger charge is -2.12. The molecule has 1 aromatic rings. The second kappa shape index (κ2) is 5.87. The van der Waals surface area contributed by atoms with Gasteiger partial charge in [0, 0.05) is 24.6 Å². The molecule has 1 amide bonds. The van der Waals surface area contributed by atoms with Gasteiger partial charge in [0.2, 0.25) is 0 Å². The molecule has 0 spiro atoms. The fraction of sp³-hybridized carbons (Fsp3) is 0.500. The van der Waals surface area contributed by atoms with Crippen LogP contribution in [0.4, 0.5) is 0 Å². The molecule has 98 valence electrons. The summed E-state index contributed by atoms with van der Waals surface area (Å²) in [6.45, 7) is 3.32. The Morgan fingerprint density at radius 2 is 2.39 bits per heavy atom. The fourth-order valence-corrected chi connectivity index (χ4v) is 2.13. The Balaban J connectivity index is 1.93. The SMILES string of the molecule is CCCC(N)CNC(=O)c1ccc2c(c1)CCO2. The van der Waals surface area contributed by atoms with Crippen LogP contribution in [0.15, 0.2) is 18.2 Å². The van der Waals surface area contributed by atoms with Crippen molar-refractivity contribution in [2.75, 3.05) is 13.2 Å². The van der Waals surface area contributed by atoms with Gasteiger partial charge < -0.3 is 15.8 Å². The van der Waals surface area contributed by atoms with Crippen LogP contribution in [0.3, 0.4) is 0 Å². The van der Waals surface area contributed by atoms with Crippen LogP contribution in [0.25, 0.3) is 0 Å². The summed E-state index contributed by atoms with van der Waals surface area (Å²) in [7, 11) is 0. The number of carbonyl (C=O) groups excluding carboxylic acids is 1. The van der Waals surface area contributed by atoms with Gasteiger partial charge in [0.25, 0.3) is 5.91 Å². The van der Waals surface area contributed by atoms with Gasteiger partial charge in [-0.15, -0.1) is 0 Å². The molecule has 2 rings (SSSR count). The Hall–Kier alpha value is -1.55. The molecule has 3 N–H and O–H groups in total. The van der Waals surface area contributed by atoms with E-state index in [-0.39, 0.29) is 11.9 Å². The third kappa shape index (κ3) is 3.01. The average molecular weight is 248 g/mol. The summed E-state index contributed by atoms with van der Waals surface area (Å²) >= 11 is 0. The van der Waals surface area contributed by atoms with Gasteiger partial charge in [0.1, 0.15) is 5.75 Å². The number of hydrogen-bond acceptors (Lipinski definition) is 3. The lowest BCUT2D eigenvalue weighted by atomic mass is 10.1. The molecule has 0 aromatic heterocycles. The maximum atomic E-state index is 11.9. The van der Waals surface area contributed by atoms with E-state index in [1.807, 2.05) is 12.1 Å². The minimum Gasteiger partial charge on any atom is -0.493 e. The summed E-state index contributed by atoms with van der Waals surface area (Å²) < 4.78 is 5.41. The molecule has 0 saturated heterocycles. The highest BCUT2D eigenvalue weighted by molar-refractivity contribution is 5.94. The molecule has 1 heterocycles. The normalized spacial score (nSPS) is 14.8. The number of amides is 1. The van der Waals surface area contributed by atoms with E-state index in [0.717, 1.165) is 30.6 Å². The van der Waals surface area contributed by atoms with Crippen LogP contribution in [0.1, 0.15) is 35.7 Å².